The van der Waals surface area contributed by atoms with Gasteiger partial charge in [-0.05, 0) is 203 Å². The van der Waals surface area contributed by atoms with Crippen LogP contribution in [0, 0.1) is 6.92 Å². The molecule has 12 rings (SSSR count). The van der Waals surface area contributed by atoms with Crippen LogP contribution < -0.4 is 26.2 Å². The van der Waals surface area contributed by atoms with Crippen LogP contribution in [0.5, 0.6) is 0 Å². The molecule has 2 aliphatic heterocycles. The normalized spacial score (nSPS) is 21.4. The van der Waals surface area contributed by atoms with Gasteiger partial charge in [-0.1, -0.05) is 166 Å². The largest absolute Gasteiger partial charge is 0.311 e. The Kier molecular flexibility index (Phi) is 9.17. The Morgan fingerprint density at radius 1 is 0.414 bits per heavy atom. The lowest BCUT2D eigenvalue weighted by molar-refractivity contribution is 0.331. The number of aryl methyl sites for hydroxylation is 1. The molecule has 0 atom stereocenters. The van der Waals surface area contributed by atoms with Crippen LogP contribution in [0.1, 0.15) is 205 Å². The number of hydrogen-bond donors (Lipinski definition) is 0. The molecule has 4 aliphatic carbocycles. The van der Waals surface area contributed by atoms with Crippen molar-refractivity contribution in [2.75, 3.05) is 9.80 Å². The third-order valence-electron chi connectivity index (χ3n) is 19.6. The van der Waals surface area contributed by atoms with Gasteiger partial charge in [0.2, 0.25) is 0 Å². The highest BCUT2D eigenvalue weighted by molar-refractivity contribution is 7.00. The Morgan fingerprint density at radius 3 is 1.41 bits per heavy atom. The van der Waals surface area contributed by atoms with E-state index in [2.05, 4.69) is 225 Å². The van der Waals surface area contributed by atoms with Crippen molar-refractivity contribution >= 4 is 57.2 Å². The molecule has 6 aromatic rings. The van der Waals surface area contributed by atoms with E-state index in [1.165, 1.54) is 143 Å². The zero-order valence-electron chi connectivity index (χ0n) is 46.2. The van der Waals surface area contributed by atoms with E-state index in [0.29, 0.717) is 0 Å². The zero-order valence-corrected chi connectivity index (χ0v) is 46.2. The van der Waals surface area contributed by atoms with Crippen molar-refractivity contribution in [3.8, 4) is 11.1 Å². The van der Waals surface area contributed by atoms with Crippen molar-refractivity contribution in [2.24, 2.45) is 0 Å². The summed E-state index contributed by atoms with van der Waals surface area (Å²) < 4.78 is 0. The van der Waals surface area contributed by atoms with Crippen LogP contribution in [-0.2, 0) is 43.3 Å². The van der Waals surface area contributed by atoms with E-state index in [-0.39, 0.29) is 50.0 Å². The summed E-state index contributed by atoms with van der Waals surface area (Å²) in [5, 5.41) is 0. The lowest BCUT2D eigenvalue weighted by Gasteiger charge is -2.49. The predicted molar refractivity (Wildman–Crippen MR) is 303 cm³/mol. The number of rotatable bonds is 2. The van der Waals surface area contributed by atoms with E-state index in [1.807, 2.05) is 0 Å². The number of nitrogens with zero attached hydrogens (tertiary/aromatic N) is 2. The highest BCUT2D eigenvalue weighted by Gasteiger charge is 2.51. The van der Waals surface area contributed by atoms with E-state index in [4.69, 9.17) is 0 Å². The lowest BCUT2D eigenvalue weighted by Crippen LogP contribution is -2.62. The minimum Gasteiger partial charge on any atom is -0.311 e. The SMILES string of the molecule is Cc1cc2c(cc1N1c3cc4c(cc3B3c5cc6c(cc5N(c5ccc7c(c5)-c5ccccc5C7(C)C)c5cc(C(C)(C)C)cc1c53)C(C)(C)CC6(C)C)C(C)(C)CCC4(C)C)C(C)(C)CCC2(C)C. The fourth-order valence-corrected chi connectivity index (χ4v) is 15.3. The molecule has 360 valence electrons. The van der Waals surface area contributed by atoms with Crippen molar-refractivity contribution in [1.29, 1.82) is 0 Å². The van der Waals surface area contributed by atoms with Crippen LogP contribution in [0.15, 0.2) is 91.0 Å². The molecule has 2 nitrogen and oxygen atoms in total. The van der Waals surface area contributed by atoms with E-state index < -0.39 is 0 Å². The highest BCUT2D eigenvalue weighted by Crippen LogP contribution is 2.57. The number of fused-ring (bicyclic) bond motifs is 10. The van der Waals surface area contributed by atoms with Crippen LogP contribution in [-0.4, -0.2) is 6.71 Å². The van der Waals surface area contributed by atoms with Crippen LogP contribution in [0.3, 0.4) is 0 Å². The Bertz CT molecular complexity index is 3290. The Hall–Kier alpha value is -5.02. The second-order valence-corrected chi connectivity index (χ2v) is 28.8. The Morgan fingerprint density at radius 2 is 0.857 bits per heavy atom. The molecular weight excluding hydrogens is 844 g/mol. The van der Waals surface area contributed by atoms with E-state index >= 15 is 0 Å². The molecule has 0 fully saturated rings. The first-order valence-electron chi connectivity index (χ1n) is 27.0. The quantitative estimate of drug-likeness (QED) is 0.159. The summed E-state index contributed by atoms with van der Waals surface area (Å²) in [6, 6.07) is 38.0. The smallest absolute Gasteiger partial charge is 0.252 e. The lowest BCUT2D eigenvalue weighted by atomic mass is 9.32. The van der Waals surface area contributed by atoms with Gasteiger partial charge < -0.3 is 9.80 Å². The Balaban J connectivity index is 1.24. The first-order chi connectivity index (χ1) is 32.4. The number of hydrogen-bond acceptors (Lipinski definition) is 2. The van der Waals surface area contributed by atoms with Crippen LogP contribution in [0.25, 0.3) is 11.1 Å². The highest BCUT2D eigenvalue weighted by atomic mass is 15.2. The minimum atomic E-state index is -0.109. The summed E-state index contributed by atoms with van der Waals surface area (Å²) >= 11 is 0. The molecule has 0 N–H and O–H groups in total. The molecule has 2 heterocycles. The summed E-state index contributed by atoms with van der Waals surface area (Å²) in [4.78, 5) is 5.52. The monoisotopic (exact) mass is 923 g/mol. The molecule has 0 aromatic heterocycles. The van der Waals surface area contributed by atoms with Gasteiger partial charge in [-0.2, -0.15) is 0 Å². The van der Waals surface area contributed by atoms with Crippen molar-refractivity contribution in [3.63, 3.8) is 0 Å². The molecule has 0 unspecified atom stereocenters. The van der Waals surface area contributed by atoms with Gasteiger partial charge in [-0.3, -0.25) is 0 Å². The topological polar surface area (TPSA) is 6.48 Å². The maximum absolute atomic E-state index is 2.79. The maximum atomic E-state index is 2.79. The van der Waals surface area contributed by atoms with Gasteiger partial charge in [0, 0.05) is 39.5 Å². The zero-order chi connectivity index (χ0) is 50.0. The molecule has 0 bridgehead atoms. The summed E-state index contributed by atoms with van der Waals surface area (Å²) in [6.07, 6.45) is 5.89. The van der Waals surface area contributed by atoms with Crippen molar-refractivity contribution in [1.82, 2.24) is 0 Å². The Labute approximate surface area is 422 Å². The summed E-state index contributed by atoms with van der Waals surface area (Å²) in [7, 11) is 0. The summed E-state index contributed by atoms with van der Waals surface area (Å²) in [5.74, 6) is 0. The molecule has 6 aromatic carbocycles. The summed E-state index contributed by atoms with van der Waals surface area (Å²) in [5.41, 5.74) is 29.9. The molecule has 3 heteroatoms. The van der Waals surface area contributed by atoms with E-state index in [1.54, 1.807) is 0 Å². The second kappa shape index (κ2) is 13.9. The van der Waals surface area contributed by atoms with Gasteiger partial charge in [0.05, 0.1) is 0 Å². The van der Waals surface area contributed by atoms with Crippen molar-refractivity contribution in [3.05, 3.63) is 147 Å². The molecule has 70 heavy (non-hydrogen) atoms. The third kappa shape index (κ3) is 6.24. The van der Waals surface area contributed by atoms with E-state index in [0.717, 1.165) is 6.42 Å². The van der Waals surface area contributed by atoms with E-state index in [9.17, 15) is 0 Å². The first-order valence-corrected chi connectivity index (χ1v) is 27.0. The van der Waals surface area contributed by atoms with Crippen molar-refractivity contribution in [2.45, 2.75) is 200 Å². The van der Waals surface area contributed by atoms with Gasteiger partial charge in [-0.25, -0.2) is 0 Å². The summed E-state index contributed by atoms with van der Waals surface area (Å²) in [6.45, 7) is 44.5. The third-order valence-corrected chi connectivity index (χ3v) is 19.6. The van der Waals surface area contributed by atoms with Crippen molar-refractivity contribution < 1.29 is 0 Å². The maximum Gasteiger partial charge on any atom is 0.252 e. The predicted octanol–water partition coefficient (Wildman–Crippen LogP) is 16.3. The molecule has 0 amide bonds. The van der Waals surface area contributed by atoms with Gasteiger partial charge in [0.25, 0.3) is 6.71 Å². The molecule has 6 aliphatic rings. The fraction of sp³-hybridized carbons (Fsp3) is 0.463. The minimum absolute atomic E-state index is 0.0431. The average molecular weight is 923 g/mol. The molecule has 0 saturated carbocycles. The first kappa shape index (κ1) is 46.1. The van der Waals surface area contributed by atoms with Gasteiger partial charge >= 0.3 is 0 Å². The standard InChI is InChI=1S/C67H79BN2/c1-39-29-46-49(63(9,10)27-25-61(46,5)6)35-54(39)70-56-36-50-47(62(7,8)26-28-64(50,11)12)33-53(56)68-52-34-48-51(66(15,16)38-65(48,13)14)37-55(52)69(57-30-40(60(2,3)4)31-58(70)59(57)68)41-23-24-45-43(32-41)42-21-19-20-22-44(42)67(45,17)18/h19-24,29-37H,25-28,38H2,1-18H3. The molecular formula is C67H79BN2. The molecule has 0 saturated heterocycles. The average Bonchev–Trinajstić information content (AvgIpc) is 3.61. The molecule has 0 spiro atoms. The number of anilines is 6. The second-order valence-electron chi connectivity index (χ2n) is 28.8. The van der Waals surface area contributed by atoms with Crippen LogP contribution in [0.2, 0.25) is 0 Å². The van der Waals surface area contributed by atoms with Gasteiger partial charge in [0.15, 0.2) is 0 Å². The van der Waals surface area contributed by atoms with Gasteiger partial charge in [-0.15, -0.1) is 0 Å². The fourth-order valence-electron chi connectivity index (χ4n) is 15.3. The van der Waals surface area contributed by atoms with Crippen LogP contribution >= 0.6 is 0 Å². The van der Waals surface area contributed by atoms with Crippen LogP contribution in [0.4, 0.5) is 34.1 Å². The molecule has 0 radical (unpaired) electrons. The van der Waals surface area contributed by atoms with Gasteiger partial charge in [0.1, 0.15) is 0 Å². The number of benzene rings is 6.